The first kappa shape index (κ1) is 8.75. The molecule has 0 unspecified atom stereocenters. The fourth-order valence-electron chi connectivity index (χ4n) is 1.58. The summed E-state index contributed by atoms with van der Waals surface area (Å²) < 4.78 is 0. The summed E-state index contributed by atoms with van der Waals surface area (Å²) >= 11 is 0. The first-order chi connectivity index (χ1) is 5.24. The van der Waals surface area contributed by atoms with E-state index in [2.05, 4.69) is 0 Å². The molecule has 0 radical (unpaired) electrons. The molecule has 0 aliphatic heterocycles. The van der Waals surface area contributed by atoms with Gasteiger partial charge in [0.2, 0.25) is 0 Å². The predicted octanol–water partition coefficient (Wildman–Crippen LogP) is 0.218. The van der Waals surface area contributed by atoms with E-state index in [1.807, 2.05) is 0 Å². The molecule has 0 aromatic rings. The fourth-order valence-corrected chi connectivity index (χ4v) is 1.58. The molecule has 4 heteroatoms. The smallest absolute Gasteiger partial charge is 0.427 e. The molecule has 3 nitrogen and oxygen atoms in total. The molecule has 1 fully saturated rings. The molecule has 1 rings (SSSR count). The number of carbonyl (C=O) groups excluding carboxylic acids is 1. The van der Waals surface area contributed by atoms with Crippen LogP contribution in [0.15, 0.2) is 0 Å². The van der Waals surface area contributed by atoms with E-state index in [4.69, 9.17) is 10.0 Å². The molecule has 0 bridgehead atoms. The molecule has 62 valence electrons. The topological polar surface area (TPSA) is 57.5 Å². The van der Waals surface area contributed by atoms with Gasteiger partial charge in [-0.05, 0) is 18.7 Å². The molecule has 1 saturated carbocycles. The summed E-state index contributed by atoms with van der Waals surface area (Å²) in [6, 6.07) is 0. The zero-order chi connectivity index (χ0) is 8.27. The Kier molecular flexibility index (Phi) is 3.08. The Morgan fingerprint density at radius 3 is 2.09 bits per heavy atom. The molecule has 11 heavy (non-hydrogen) atoms. The molecule has 0 saturated heterocycles. The maximum Gasteiger partial charge on any atom is 0.454 e. The van der Waals surface area contributed by atoms with Crippen LogP contribution in [-0.2, 0) is 4.79 Å². The van der Waals surface area contributed by atoms with Crippen molar-refractivity contribution in [1.82, 2.24) is 0 Å². The summed E-state index contributed by atoms with van der Waals surface area (Å²) in [5, 5.41) is 17.6. The Morgan fingerprint density at radius 2 is 1.73 bits per heavy atom. The first-order valence-electron chi connectivity index (χ1n) is 4.05. The van der Waals surface area contributed by atoms with E-state index >= 15 is 0 Å². The molecule has 1 aliphatic carbocycles. The van der Waals surface area contributed by atoms with E-state index < -0.39 is 7.12 Å². The Labute approximate surface area is 66.6 Å². The van der Waals surface area contributed by atoms with Crippen molar-refractivity contribution in [1.29, 1.82) is 0 Å². The van der Waals surface area contributed by atoms with Gasteiger partial charge < -0.3 is 14.8 Å². The van der Waals surface area contributed by atoms with Crippen LogP contribution in [-0.4, -0.2) is 23.5 Å². The van der Waals surface area contributed by atoms with Gasteiger partial charge in [0.25, 0.3) is 0 Å². The lowest BCUT2D eigenvalue weighted by Gasteiger charge is -2.24. The lowest BCUT2D eigenvalue weighted by molar-refractivity contribution is -0.111. The van der Waals surface area contributed by atoms with Gasteiger partial charge in [0, 0.05) is 5.92 Å². The third-order valence-corrected chi connectivity index (χ3v) is 2.43. The second-order valence-corrected chi connectivity index (χ2v) is 3.22. The van der Waals surface area contributed by atoms with Gasteiger partial charge in [-0.25, -0.2) is 0 Å². The molecule has 0 amide bonds. The maximum absolute atomic E-state index is 10.3. The summed E-state index contributed by atoms with van der Waals surface area (Å²) in [7, 11) is -1.19. The SMILES string of the molecule is O=CC1CCC(B(O)O)CC1. The Bertz CT molecular complexity index is 130. The van der Waals surface area contributed by atoms with Crippen molar-refractivity contribution >= 4 is 13.4 Å². The standard InChI is InChI=1S/C7H13BO3/c9-5-6-1-3-7(4-2-6)8(10)11/h5-7,10-11H,1-4H2. The van der Waals surface area contributed by atoms with E-state index in [1.54, 1.807) is 0 Å². The molecule has 0 atom stereocenters. The molecular weight excluding hydrogens is 143 g/mol. The summed E-state index contributed by atoms with van der Waals surface area (Å²) in [6.45, 7) is 0. The van der Waals surface area contributed by atoms with Crippen molar-refractivity contribution in [2.24, 2.45) is 5.92 Å². The van der Waals surface area contributed by atoms with Crippen LogP contribution >= 0.6 is 0 Å². The minimum atomic E-state index is -1.19. The minimum absolute atomic E-state index is 0.00815. The Morgan fingerprint density at radius 1 is 1.18 bits per heavy atom. The molecule has 0 heterocycles. The lowest BCUT2D eigenvalue weighted by atomic mass is 9.63. The quantitative estimate of drug-likeness (QED) is 0.444. The third-order valence-electron chi connectivity index (χ3n) is 2.43. The van der Waals surface area contributed by atoms with Crippen molar-refractivity contribution < 1.29 is 14.8 Å². The second kappa shape index (κ2) is 3.88. The number of rotatable bonds is 2. The second-order valence-electron chi connectivity index (χ2n) is 3.22. The van der Waals surface area contributed by atoms with E-state index in [-0.39, 0.29) is 11.7 Å². The van der Waals surface area contributed by atoms with Crippen LogP contribution in [0.25, 0.3) is 0 Å². The van der Waals surface area contributed by atoms with Crippen molar-refractivity contribution in [3.63, 3.8) is 0 Å². The third kappa shape index (κ3) is 2.31. The highest BCUT2D eigenvalue weighted by molar-refractivity contribution is 6.43. The van der Waals surface area contributed by atoms with Crippen LogP contribution in [0.3, 0.4) is 0 Å². The van der Waals surface area contributed by atoms with Crippen LogP contribution in [0.1, 0.15) is 25.7 Å². The zero-order valence-corrected chi connectivity index (χ0v) is 6.44. The molecule has 0 aromatic heterocycles. The average molecular weight is 156 g/mol. The van der Waals surface area contributed by atoms with Gasteiger partial charge in [0.1, 0.15) is 6.29 Å². The van der Waals surface area contributed by atoms with E-state index in [9.17, 15) is 4.79 Å². The fraction of sp³-hybridized carbons (Fsp3) is 0.857. The summed E-state index contributed by atoms with van der Waals surface area (Å²) in [5.41, 5.74) is 0. The number of hydrogen-bond acceptors (Lipinski definition) is 3. The maximum atomic E-state index is 10.3. The van der Waals surface area contributed by atoms with Crippen molar-refractivity contribution in [2.75, 3.05) is 0 Å². The molecule has 0 spiro atoms. The molecule has 1 aliphatic rings. The van der Waals surface area contributed by atoms with Gasteiger partial charge >= 0.3 is 7.12 Å². The van der Waals surface area contributed by atoms with Crippen molar-refractivity contribution in [3.05, 3.63) is 0 Å². The van der Waals surface area contributed by atoms with Gasteiger partial charge in [-0.15, -0.1) is 0 Å². The highest BCUT2D eigenvalue weighted by Crippen LogP contribution is 2.32. The van der Waals surface area contributed by atoms with E-state index in [1.165, 1.54) is 0 Å². The lowest BCUT2D eigenvalue weighted by Crippen LogP contribution is -2.25. The van der Waals surface area contributed by atoms with Crippen LogP contribution < -0.4 is 0 Å². The summed E-state index contributed by atoms with van der Waals surface area (Å²) in [6.07, 6.45) is 4.12. The predicted molar refractivity (Wildman–Crippen MR) is 42.0 cm³/mol. The number of hydrogen-bond donors (Lipinski definition) is 2. The van der Waals surface area contributed by atoms with Gasteiger partial charge in [-0.3, -0.25) is 0 Å². The zero-order valence-electron chi connectivity index (χ0n) is 6.44. The highest BCUT2D eigenvalue weighted by atomic mass is 16.4. The number of aldehydes is 1. The van der Waals surface area contributed by atoms with Gasteiger partial charge in [-0.2, -0.15) is 0 Å². The van der Waals surface area contributed by atoms with Crippen molar-refractivity contribution in [2.45, 2.75) is 31.5 Å². The molecular formula is C7H13BO3. The van der Waals surface area contributed by atoms with Crippen molar-refractivity contribution in [3.8, 4) is 0 Å². The first-order valence-corrected chi connectivity index (χ1v) is 4.05. The highest BCUT2D eigenvalue weighted by Gasteiger charge is 2.28. The average Bonchev–Trinajstić information content (AvgIpc) is 2.05. The van der Waals surface area contributed by atoms with Gasteiger partial charge in [-0.1, -0.05) is 12.8 Å². The Hall–Kier alpha value is -0.345. The van der Waals surface area contributed by atoms with Crippen LogP contribution in [0, 0.1) is 5.92 Å². The molecule has 0 aromatic carbocycles. The van der Waals surface area contributed by atoms with E-state index in [0.717, 1.165) is 32.0 Å². The molecule has 2 N–H and O–H groups in total. The monoisotopic (exact) mass is 156 g/mol. The van der Waals surface area contributed by atoms with Gasteiger partial charge in [0.15, 0.2) is 0 Å². The minimum Gasteiger partial charge on any atom is -0.427 e. The van der Waals surface area contributed by atoms with Crippen LogP contribution in [0.5, 0.6) is 0 Å². The van der Waals surface area contributed by atoms with Crippen LogP contribution in [0.2, 0.25) is 5.82 Å². The van der Waals surface area contributed by atoms with Crippen LogP contribution in [0.4, 0.5) is 0 Å². The van der Waals surface area contributed by atoms with Gasteiger partial charge in [0.05, 0.1) is 0 Å². The number of carbonyl (C=O) groups is 1. The largest absolute Gasteiger partial charge is 0.454 e. The normalized spacial score (nSPS) is 31.5. The summed E-state index contributed by atoms with van der Waals surface area (Å²) in [4.78, 5) is 10.3. The van der Waals surface area contributed by atoms with E-state index in [0.29, 0.717) is 0 Å². The Balaban J connectivity index is 2.29. The summed E-state index contributed by atoms with van der Waals surface area (Å²) in [5.74, 6) is 0.149.